The Morgan fingerprint density at radius 3 is 2.30 bits per heavy atom. The van der Waals surface area contributed by atoms with Crippen LogP contribution in [0.2, 0.25) is 0 Å². The fourth-order valence-corrected chi connectivity index (χ4v) is 3.26. The van der Waals surface area contributed by atoms with Gasteiger partial charge in [-0.2, -0.15) is 0 Å². The van der Waals surface area contributed by atoms with Crippen LogP contribution in [0.1, 0.15) is 44.9 Å². The van der Waals surface area contributed by atoms with Crippen LogP contribution >= 0.6 is 0 Å². The van der Waals surface area contributed by atoms with Gasteiger partial charge in [-0.25, -0.2) is 9.59 Å². The lowest BCUT2D eigenvalue weighted by atomic mass is 10.1. The summed E-state index contributed by atoms with van der Waals surface area (Å²) in [7, 11) is 1.75. The molecule has 1 saturated carbocycles. The Kier molecular flexibility index (Phi) is 4.86. The van der Waals surface area contributed by atoms with Gasteiger partial charge in [-0.15, -0.1) is 0 Å². The predicted molar refractivity (Wildman–Crippen MR) is 73.4 cm³/mol. The second kappa shape index (κ2) is 6.43. The van der Waals surface area contributed by atoms with Crippen molar-refractivity contribution in [2.75, 3.05) is 13.6 Å². The van der Waals surface area contributed by atoms with Gasteiger partial charge in [0.2, 0.25) is 0 Å². The average molecular weight is 284 g/mol. The molecule has 114 valence electrons. The maximum atomic E-state index is 12.5. The van der Waals surface area contributed by atoms with Gasteiger partial charge in [-0.05, 0) is 12.8 Å². The first-order valence-corrected chi connectivity index (χ1v) is 7.45. The molecule has 0 aromatic rings. The quantitative estimate of drug-likeness (QED) is 0.748. The van der Waals surface area contributed by atoms with Crippen molar-refractivity contribution in [3.8, 4) is 0 Å². The number of aliphatic hydroxyl groups excluding tert-OH is 1. The normalized spacial score (nSPS) is 28.2. The van der Waals surface area contributed by atoms with Crippen molar-refractivity contribution < 1.29 is 19.8 Å². The van der Waals surface area contributed by atoms with Gasteiger partial charge in [-0.3, -0.25) is 0 Å². The number of rotatable bonds is 2. The number of aliphatic carboxylic acids is 1. The molecule has 2 aliphatic rings. The van der Waals surface area contributed by atoms with Crippen LogP contribution in [-0.4, -0.2) is 63.8 Å². The van der Waals surface area contributed by atoms with E-state index in [1.54, 1.807) is 11.9 Å². The topological polar surface area (TPSA) is 81.1 Å². The van der Waals surface area contributed by atoms with Gasteiger partial charge in [0.25, 0.3) is 0 Å². The SMILES string of the molecule is CN(C(=O)N1CC(O)CC1C(=O)O)C1CCCCCC1. The molecule has 2 atom stereocenters. The summed E-state index contributed by atoms with van der Waals surface area (Å²) < 4.78 is 0. The molecular formula is C14H24N2O4. The van der Waals surface area contributed by atoms with E-state index in [0.29, 0.717) is 0 Å². The summed E-state index contributed by atoms with van der Waals surface area (Å²) in [5.41, 5.74) is 0. The predicted octanol–water partition coefficient (Wildman–Crippen LogP) is 1.28. The van der Waals surface area contributed by atoms with Crippen LogP contribution < -0.4 is 0 Å². The van der Waals surface area contributed by atoms with Crippen LogP contribution in [0.5, 0.6) is 0 Å². The Morgan fingerprint density at radius 2 is 1.75 bits per heavy atom. The zero-order chi connectivity index (χ0) is 14.7. The fourth-order valence-electron chi connectivity index (χ4n) is 3.26. The van der Waals surface area contributed by atoms with Crippen LogP contribution in [0.4, 0.5) is 4.79 Å². The van der Waals surface area contributed by atoms with Crippen molar-refractivity contribution >= 4 is 12.0 Å². The van der Waals surface area contributed by atoms with Crippen LogP contribution in [0.3, 0.4) is 0 Å². The molecule has 2 N–H and O–H groups in total. The summed E-state index contributed by atoms with van der Waals surface area (Å²) in [6, 6.07) is -0.969. The van der Waals surface area contributed by atoms with Crippen LogP contribution in [0.25, 0.3) is 0 Å². The summed E-state index contributed by atoms with van der Waals surface area (Å²) in [5, 5.41) is 18.8. The maximum absolute atomic E-state index is 12.5. The minimum absolute atomic E-state index is 0.118. The number of amides is 2. The number of urea groups is 1. The van der Waals surface area contributed by atoms with E-state index in [1.807, 2.05) is 0 Å². The minimum atomic E-state index is -1.04. The third kappa shape index (κ3) is 3.23. The largest absolute Gasteiger partial charge is 0.480 e. The average Bonchev–Trinajstić information content (AvgIpc) is 2.64. The molecule has 0 aromatic carbocycles. The highest BCUT2D eigenvalue weighted by atomic mass is 16.4. The Bertz CT molecular complexity index is 366. The first-order valence-electron chi connectivity index (χ1n) is 7.45. The number of carbonyl (C=O) groups excluding carboxylic acids is 1. The molecule has 0 aromatic heterocycles. The molecule has 1 saturated heterocycles. The second-order valence-corrected chi connectivity index (χ2v) is 5.93. The molecular weight excluding hydrogens is 260 g/mol. The van der Waals surface area contributed by atoms with Crippen molar-refractivity contribution in [3.63, 3.8) is 0 Å². The zero-order valence-electron chi connectivity index (χ0n) is 12.0. The first kappa shape index (κ1) is 15.1. The summed E-state index contributed by atoms with van der Waals surface area (Å²) in [6.45, 7) is 0.118. The molecule has 2 rings (SSSR count). The third-order valence-corrected chi connectivity index (χ3v) is 4.48. The molecule has 0 radical (unpaired) electrons. The van der Waals surface area contributed by atoms with E-state index < -0.39 is 18.1 Å². The van der Waals surface area contributed by atoms with Gasteiger partial charge in [0.05, 0.1) is 6.10 Å². The molecule has 1 aliphatic heterocycles. The number of hydrogen-bond donors (Lipinski definition) is 2. The summed E-state index contributed by atoms with van der Waals surface area (Å²) in [4.78, 5) is 26.7. The molecule has 1 heterocycles. The van der Waals surface area contributed by atoms with Crippen molar-refractivity contribution in [1.29, 1.82) is 0 Å². The van der Waals surface area contributed by atoms with Gasteiger partial charge >= 0.3 is 12.0 Å². The molecule has 2 fully saturated rings. The number of carboxylic acid groups (broad SMARTS) is 1. The highest BCUT2D eigenvalue weighted by Gasteiger charge is 2.41. The first-order chi connectivity index (χ1) is 9.50. The molecule has 0 bridgehead atoms. The van der Waals surface area contributed by atoms with E-state index in [9.17, 15) is 14.7 Å². The Hall–Kier alpha value is -1.30. The maximum Gasteiger partial charge on any atom is 0.326 e. The van der Waals surface area contributed by atoms with Crippen LogP contribution in [-0.2, 0) is 4.79 Å². The Balaban J connectivity index is 2.03. The second-order valence-electron chi connectivity index (χ2n) is 5.93. The zero-order valence-corrected chi connectivity index (χ0v) is 12.0. The number of β-amino-alcohol motifs (C(OH)–C–C–N with tert-alkyl or cyclic N) is 1. The molecule has 2 amide bonds. The summed E-state index contributed by atoms with van der Waals surface area (Å²) in [6.07, 6.45) is 6.01. The number of hydrogen-bond acceptors (Lipinski definition) is 3. The highest BCUT2D eigenvalue weighted by molar-refractivity contribution is 5.83. The van der Waals surface area contributed by atoms with Crippen LogP contribution in [0, 0.1) is 0 Å². The lowest BCUT2D eigenvalue weighted by Crippen LogP contribution is -2.50. The molecule has 6 heteroatoms. The third-order valence-electron chi connectivity index (χ3n) is 4.48. The van der Waals surface area contributed by atoms with E-state index in [0.717, 1.165) is 25.7 Å². The van der Waals surface area contributed by atoms with Crippen molar-refractivity contribution in [2.45, 2.75) is 63.1 Å². The summed E-state index contributed by atoms with van der Waals surface area (Å²) in [5.74, 6) is -1.04. The van der Waals surface area contributed by atoms with Gasteiger partial charge in [0.15, 0.2) is 0 Å². The number of nitrogens with zero attached hydrogens (tertiary/aromatic N) is 2. The van der Waals surface area contributed by atoms with Gasteiger partial charge < -0.3 is 20.0 Å². The van der Waals surface area contributed by atoms with E-state index in [1.165, 1.54) is 17.7 Å². The lowest BCUT2D eigenvalue weighted by Gasteiger charge is -2.32. The molecule has 1 aliphatic carbocycles. The number of carbonyl (C=O) groups is 2. The standard InChI is InChI=1S/C14H24N2O4/c1-15(10-6-4-2-3-5-7-10)14(20)16-9-11(17)8-12(16)13(18)19/h10-12,17H,2-9H2,1H3,(H,18,19). The van der Waals surface area contributed by atoms with E-state index in [4.69, 9.17) is 5.11 Å². The van der Waals surface area contributed by atoms with Gasteiger partial charge in [0.1, 0.15) is 6.04 Å². The Labute approximate surface area is 119 Å². The van der Waals surface area contributed by atoms with Crippen molar-refractivity contribution in [2.24, 2.45) is 0 Å². The van der Waals surface area contributed by atoms with Crippen LogP contribution in [0.15, 0.2) is 0 Å². The van der Waals surface area contributed by atoms with E-state index in [-0.39, 0.29) is 25.0 Å². The van der Waals surface area contributed by atoms with Crippen molar-refractivity contribution in [1.82, 2.24) is 9.80 Å². The van der Waals surface area contributed by atoms with Gasteiger partial charge in [-0.1, -0.05) is 25.7 Å². The minimum Gasteiger partial charge on any atom is -0.480 e. The van der Waals surface area contributed by atoms with E-state index in [2.05, 4.69) is 0 Å². The monoisotopic (exact) mass is 284 g/mol. The number of aliphatic hydroxyl groups is 1. The smallest absolute Gasteiger partial charge is 0.326 e. The highest BCUT2D eigenvalue weighted by Crippen LogP contribution is 2.25. The number of carboxylic acids is 1. The van der Waals surface area contributed by atoms with Gasteiger partial charge in [0, 0.05) is 26.1 Å². The molecule has 2 unspecified atom stereocenters. The molecule has 20 heavy (non-hydrogen) atoms. The lowest BCUT2D eigenvalue weighted by molar-refractivity contribution is -0.141. The van der Waals surface area contributed by atoms with Crippen molar-refractivity contribution in [3.05, 3.63) is 0 Å². The number of likely N-dealkylation sites (tertiary alicyclic amines) is 1. The van der Waals surface area contributed by atoms with E-state index >= 15 is 0 Å². The fraction of sp³-hybridized carbons (Fsp3) is 0.857. The molecule has 6 nitrogen and oxygen atoms in total. The summed E-state index contributed by atoms with van der Waals surface area (Å²) >= 11 is 0. The Morgan fingerprint density at radius 1 is 1.15 bits per heavy atom. The molecule has 0 spiro atoms.